The first-order valence-corrected chi connectivity index (χ1v) is 10.0. The number of Topliss-reactive ketones (excluding diaryl/α,β-unsaturated/α-hetero) is 1. The van der Waals surface area contributed by atoms with Crippen LogP contribution in [0.1, 0.15) is 27.9 Å². The van der Waals surface area contributed by atoms with E-state index in [-0.39, 0.29) is 12.2 Å². The highest BCUT2D eigenvalue weighted by atomic mass is 35.5. The molecule has 5 nitrogen and oxygen atoms in total. The summed E-state index contributed by atoms with van der Waals surface area (Å²) in [5.41, 5.74) is 6.59. The van der Waals surface area contributed by atoms with E-state index in [1.165, 1.54) is 11.0 Å². The summed E-state index contributed by atoms with van der Waals surface area (Å²) in [6.07, 6.45) is 0.234. The quantitative estimate of drug-likeness (QED) is 0.467. The second-order valence-electron chi connectivity index (χ2n) is 7.44. The minimum Gasteiger partial charge on any atom is -0.399 e. The van der Waals surface area contributed by atoms with E-state index in [1.54, 1.807) is 36.4 Å². The maximum absolute atomic E-state index is 13.3. The third-order valence-corrected chi connectivity index (χ3v) is 5.62. The Labute approximate surface area is 179 Å². The number of amides is 1. The lowest BCUT2D eigenvalue weighted by Gasteiger charge is -2.23. The van der Waals surface area contributed by atoms with Gasteiger partial charge in [0.15, 0.2) is 11.4 Å². The molecule has 4 rings (SSSR count). The summed E-state index contributed by atoms with van der Waals surface area (Å²) in [6.45, 7) is 0.381. The lowest BCUT2D eigenvalue weighted by molar-refractivity contribution is -0.135. The second-order valence-corrected chi connectivity index (χ2v) is 7.88. The topological polar surface area (TPSA) is 83.6 Å². The minimum absolute atomic E-state index is 0.350. The van der Waals surface area contributed by atoms with E-state index in [4.69, 9.17) is 17.3 Å². The molecule has 0 aliphatic carbocycles. The van der Waals surface area contributed by atoms with Gasteiger partial charge in [0.05, 0.1) is 12.1 Å². The summed E-state index contributed by atoms with van der Waals surface area (Å²) in [4.78, 5) is 27.7. The van der Waals surface area contributed by atoms with E-state index >= 15 is 0 Å². The molecule has 30 heavy (non-hydrogen) atoms. The molecular formula is C24H21ClN2O3. The first-order valence-electron chi connectivity index (χ1n) is 9.65. The van der Waals surface area contributed by atoms with Crippen LogP contribution in [-0.4, -0.2) is 23.3 Å². The predicted molar refractivity (Wildman–Crippen MR) is 118 cm³/mol. The third kappa shape index (κ3) is 3.70. The van der Waals surface area contributed by atoms with Crippen LogP contribution in [0.5, 0.6) is 0 Å². The van der Waals surface area contributed by atoms with Crippen LogP contribution in [0.15, 0.2) is 72.8 Å². The van der Waals surface area contributed by atoms with Crippen molar-refractivity contribution in [1.82, 2.24) is 0 Å². The van der Waals surface area contributed by atoms with E-state index < -0.39 is 11.5 Å². The van der Waals surface area contributed by atoms with Gasteiger partial charge >= 0.3 is 0 Å². The fraction of sp³-hybridized carbons (Fsp3) is 0.167. The van der Waals surface area contributed by atoms with Crippen molar-refractivity contribution in [3.63, 3.8) is 0 Å². The smallest absolute Gasteiger partial charge is 0.264 e. The highest BCUT2D eigenvalue weighted by Crippen LogP contribution is 2.44. The van der Waals surface area contributed by atoms with Crippen LogP contribution in [-0.2, 0) is 16.8 Å². The van der Waals surface area contributed by atoms with Crippen LogP contribution in [0.2, 0.25) is 5.02 Å². The lowest BCUT2D eigenvalue weighted by atomic mass is 9.88. The summed E-state index contributed by atoms with van der Waals surface area (Å²) in [5, 5.41) is 11.8. The molecule has 0 radical (unpaired) electrons. The van der Waals surface area contributed by atoms with Crippen LogP contribution in [0.25, 0.3) is 0 Å². The van der Waals surface area contributed by atoms with Crippen molar-refractivity contribution < 1.29 is 14.7 Å². The van der Waals surface area contributed by atoms with Gasteiger partial charge in [-0.05, 0) is 42.3 Å². The Balaban J connectivity index is 1.65. The first-order chi connectivity index (χ1) is 14.4. The van der Waals surface area contributed by atoms with Gasteiger partial charge in [0, 0.05) is 28.4 Å². The average molecular weight is 421 g/mol. The number of benzene rings is 3. The zero-order valence-corrected chi connectivity index (χ0v) is 17.0. The molecule has 0 bridgehead atoms. The zero-order valence-electron chi connectivity index (χ0n) is 16.2. The SMILES string of the molecule is Nc1cccc(C(=O)CC2(O)C(=O)N(CCc3ccccc3)c3ccc(Cl)cc32)c1. The number of fused-ring (bicyclic) bond motifs is 1. The molecule has 1 aliphatic heterocycles. The molecule has 0 aromatic heterocycles. The minimum atomic E-state index is -1.97. The molecule has 1 amide bonds. The number of anilines is 2. The second kappa shape index (κ2) is 7.94. The number of hydrogen-bond donors (Lipinski definition) is 2. The molecule has 0 saturated carbocycles. The monoisotopic (exact) mass is 420 g/mol. The van der Waals surface area contributed by atoms with E-state index in [0.717, 1.165) is 5.56 Å². The van der Waals surface area contributed by atoms with Gasteiger partial charge in [0.25, 0.3) is 5.91 Å². The van der Waals surface area contributed by atoms with Crippen molar-refractivity contribution in [2.24, 2.45) is 0 Å². The summed E-state index contributed by atoms with van der Waals surface area (Å²) < 4.78 is 0. The number of rotatable bonds is 6. The molecule has 1 heterocycles. The first kappa shape index (κ1) is 20.1. The van der Waals surface area contributed by atoms with Crippen molar-refractivity contribution in [1.29, 1.82) is 0 Å². The molecule has 152 valence electrons. The molecule has 3 aromatic carbocycles. The van der Waals surface area contributed by atoms with Crippen LogP contribution in [0.3, 0.4) is 0 Å². The van der Waals surface area contributed by atoms with E-state index in [2.05, 4.69) is 0 Å². The van der Waals surface area contributed by atoms with Gasteiger partial charge in [-0.2, -0.15) is 0 Å². The van der Waals surface area contributed by atoms with Gasteiger partial charge in [-0.15, -0.1) is 0 Å². The van der Waals surface area contributed by atoms with Crippen molar-refractivity contribution in [3.8, 4) is 0 Å². The summed E-state index contributed by atoms with van der Waals surface area (Å²) in [7, 11) is 0. The molecule has 3 aromatic rings. The molecular weight excluding hydrogens is 400 g/mol. The predicted octanol–water partition coefficient (Wildman–Crippen LogP) is 3.97. The number of aliphatic hydroxyl groups is 1. The molecule has 1 atom stereocenters. The Morgan fingerprint density at radius 2 is 1.80 bits per heavy atom. The summed E-state index contributed by atoms with van der Waals surface area (Å²) >= 11 is 6.15. The fourth-order valence-electron chi connectivity index (χ4n) is 3.85. The van der Waals surface area contributed by atoms with Gasteiger partial charge in [0.2, 0.25) is 0 Å². The number of carbonyl (C=O) groups is 2. The summed E-state index contributed by atoms with van der Waals surface area (Å²) in [6, 6.07) is 21.2. The maximum Gasteiger partial charge on any atom is 0.264 e. The van der Waals surface area contributed by atoms with E-state index in [9.17, 15) is 14.7 Å². The molecule has 1 unspecified atom stereocenters. The van der Waals surface area contributed by atoms with Crippen molar-refractivity contribution in [2.45, 2.75) is 18.4 Å². The lowest BCUT2D eigenvalue weighted by Crippen LogP contribution is -2.42. The van der Waals surface area contributed by atoms with Crippen molar-refractivity contribution in [3.05, 3.63) is 94.5 Å². The van der Waals surface area contributed by atoms with Gasteiger partial charge in [-0.25, -0.2) is 0 Å². The third-order valence-electron chi connectivity index (χ3n) is 5.39. The number of nitrogen functional groups attached to an aromatic ring is 1. The van der Waals surface area contributed by atoms with Gasteiger partial charge in [0.1, 0.15) is 0 Å². The summed E-state index contributed by atoms with van der Waals surface area (Å²) in [5.74, 6) is -0.887. The number of halogens is 1. The van der Waals surface area contributed by atoms with Gasteiger partial charge in [-0.3, -0.25) is 9.59 Å². The number of nitrogens with zero attached hydrogens (tertiary/aromatic N) is 1. The number of carbonyl (C=O) groups excluding carboxylic acids is 2. The van der Waals surface area contributed by atoms with Crippen LogP contribution in [0, 0.1) is 0 Å². The van der Waals surface area contributed by atoms with Gasteiger partial charge in [-0.1, -0.05) is 54.1 Å². The zero-order chi connectivity index (χ0) is 21.3. The molecule has 0 saturated heterocycles. The molecule has 3 N–H and O–H groups in total. The Hall–Kier alpha value is -3.15. The van der Waals surface area contributed by atoms with Crippen molar-refractivity contribution in [2.75, 3.05) is 17.2 Å². The van der Waals surface area contributed by atoms with Crippen LogP contribution >= 0.6 is 11.6 Å². The maximum atomic E-state index is 13.3. The Morgan fingerprint density at radius 3 is 2.53 bits per heavy atom. The molecule has 0 spiro atoms. The van der Waals surface area contributed by atoms with Crippen molar-refractivity contribution >= 4 is 34.7 Å². The highest BCUT2D eigenvalue weighted by molar-refractivity contribution is 6.31. The Kier molecular flexibility index (Phi) is 5.33. The highest BCUT2D eigenvalue weighted by Gasteiger charge is 2.50. The standard InChI is InChI=1S/C24H21ClN2O3/c25-18-9-10-21-20(14-18)24(30,15-22(28)17-7-4-8-19(26)13-17)23(29)27(21)12-11-16-5-2-1-3-6-16/h1-10,13-14,30H,11-12,15,26H2. The van der Waals surface area contributed by atoms with Gasteiger partial charge < -0.3 is 15.7 Å². The van der Waals surface area contributed by atoms with E-state index in [1.807, 2.05) is 30.3 Å². The average Bonchev–Trinajstić information content (AvgIpc) is 2.94. The Bertz CT molecular complexity index is 1120. The number of hydrogen-bond acceptors (Lipinski definition) is 4. The molecule has 0 fully saturated rings. The van der Waals surface area contributed by atoms with Crippen LogP contribution in [0.4, 0.5) is 11.4 Å². The number of nitrogens with two attached hydrogens (primary N) is 1. The fourth-order valence-corrected chi connectivity index (χ4v) is 4.02. The number of ketones is 1. The normalized spacial score (nSPS) is 17.8. The van der Waals surface area contributed by atoms with E-state index in [0.29, 0.717) is 40.5 Å². The largest absolute Gasteiger partial charge is 0.399 e. The molecule has 1 aliphatic rings. The molecule has 6 heteroatoms. The Morgan fingerprint density at radius 1 is 1.03 bits per heavy atom. The van der Waals surface area contributed by atoms with Crippen LogP contribution < -0.4 is 10.6 Å².